The summed E-state index contributed by atoms with van der Waals surface area (Å²) in [6.45, 7) is 1.21. The van der Waals surface area contributed by atoms with E-state index in [4.69, 9.17) is 0 Å². The van der Waals surface area contributed by atoms with Crippen molar-refractivity contribution in [1.82, 2.24) is 10.4 Å². The van der Waals surface area contributed by atoms with E-state index < -0.39 is 34.0 Å². The fourth-order valence-electron chi connectivity index (χ4n) is 2.01. The number of aliphatic hydroxyl groups is 1. The van der Waals surface area contributed by atoms with Crippen LogP contribution in [0.4, 0.5) is 18.9 Å². The smallest absolute Gasteiger partial charge is 0.359 e. The largest absolute Gasteiger partial charge is 0.442 e. The van der Waals surface area contributed by atoms with Gasteiger partial charge in [0.15, 0.2) is 0 Å². The third-order valence-corrected chi connectivity index (χ3v) is 3.00. The van der Waals surface area contributed by atoms with Crippen LogP contribution in [-0.4, -0.2) is 32.8 Å². The van der Waals surface area contributed by atoms with E-state index in [1.807, 2.05) is 0 Å². The molecule has 2 rings (SSSR count). The number of hydrogen-bond acceptors (Lipinski definition) is 5. The average molecular weight is 317 g/mol. The van der Waals surface area contributed by atoms with Crippen molar-refractivity contribution in [2.45, 2.75) is 18.8 Å². The Morgan fingerprint density at radius 3 is 2.55 bits per heavy atom. The number of benzene rings is 1. The first kappa shape index (κ1) is 15.8. The fourth-order valence-corrected chi connectivity index (χ4v) is 2.01. The fraction of sp³-hybridized carbons (Fsp3) is 0.250. The Morgan fingerprint density at radius 2 is 2.00 bits per heavy atom. The van der Waals surface area contributed by atoms with E-state index in [-0.39, 0.29) is 10.7 Å². The maximum Gasteiger partial charge on any atom is 0.442 e. The lowest BCUT2D eigenvalue weighted by atomic mass is 10.1. The molecule has 0 aromatic heterocycles. The van der Waals surface area contributed by atoms with Crippen molar-refractivity contribution in [3.05, 3.63) is 51.7 Å². The Morgan fingerprint density at radius 1 is 1.41 bits per heavy atom. The minimum Gasteiger partial charge on any atom is -0.359 e. The molecule has 1 unspecified atom stereocenters. The lowest BCUT2D eigenvalue weighted by Gasteiger charge is -2.33. The number of rotatable bonds is 2. The molecule has 0 saturated carbocycles. The summed E-state index contributed by atoms with van der Waals surface area (Å²) < 4.78 is 39.1. The highest BCUT2D eigenvalue weighted by atomic mass is 19.4. The van der Waals surface area contributed by atoms with E-state index in [0.717, 1.165) is 12.1 Å². The molecule has 1 heterocycles. The molecule has 0 bridgehead atoms. The highest BCUT2D eigenvalue weighted by molar-refractivity contribution is 5.98. The van der Waals surface area contributed by atoms with Gasteiger partial charge in [-0.05, 0) is 19.1 Å². The molecule has 0 saturated heterocycles. The monoisotopic (exact) mass is 317 g/mol. The van der Waals surface area contributed by atoms with Crippen LogP contribution in [0.1, 0.15) is 17.3 Å². The summed E-state index contributed by atoms with van der Waals surface area (Å²) in [5.74, 6) is -1.37. The first-order valence-corrected chi connectivity index (χ1v) is 5.91. The molecule has 22 heavy (non-hydrogen) atoms. The number of nitrogens with zero attached hydrogens (tertiary/aromatic N) is 2. The molecule has 1 aromatic carbocycles. The number of nitrogens with one attached hydrogen (secondary N) is 1. The number of carbonyl (C=O) groups excluding carboxylic acids is 1. The molecule has 0 fully saturated rings. The second kappa shape index (κ2) is 4.98. The normalized spacial score (nSPS) is 21.3. The molecule has 1 aliphatic heterocycles. The topological polar surface area (TPSA) is 95.7 Å². The molecule has 0 spiro atoms. The maximum atomic E-state index is 13.0. The van der Waals surface area contributed by atoms with E-state index >= 15 is 0 Å². The van der Waals surface area contributed by atoms with Gasteiger partial charge in [-0.1, -0.05) is 12.1 Å². The Labute approximate surface area is 121 Å². The van der Waals surface area contributed by atoms with Gasteiger partial charge in [0.25, 0.3) is 17.3 Å². The summed E-state index contributed by atoms with van der Waals surface area (Å²) in [5.41, 5.74) is -2.88. The molecule has 1 atom stereocenters. The SMILES string of the molecule is CC1=CC(O)(C(F)(F)F)N(C(=O)c2ccccc2[N+](=O)[O-])N1. The van der Waals surface area contributed by atoms with Gasteiger partial charge in [0.05, 0.1) is 4.92 Å². The molecule has 10 heteroatoms. The first-order valence-electron chi connectivity index (χ1n) is 5.91. The number of hydrogen-bond donors (Lipinski definition) is 2. The van der Waals surface area contributed by atoms with Crippen LogP contribution >= 0.6 is 0 Å². The zero-order chi connectivity index (χ0) is 16.7. The van der Waals surface area contributed by atoms with E-state index in [0.29, 0.717) is 6.08 Å². The van der Waals surface area contributed by atoms with Crippen molar-refractivity contribution < 1.29 is 28.0 Å². The molecule has 1 amide bonds. The van der Waals surface area contributed by atoms with Gasteiger partial charge >= 0.3 is 6.18 Å². The summed E-state index contributed by atoms with van der Waals surface area (Å²) in [7, 11) is 0. The van der Waals surface area contributed by atoms with Gasteiger partial charge in [-0.2, -0.15) is 13.2 Å². The maximum absolute atomic E-state index is 13.0. The number of carbonyl (C=O) groups is 1. The van der Waals surface area contributed by atoms with Gasteiger partial charge in [0.2, 0.25) is 0 Å². The highest BCUT2D eigenvalue weighted by Gasteiger charge is 2.61. The molecule has 1 aliphatic rings. The zero-order valence-electron chi connectivity index (χ0n) is 11.1. The molecule has 118 valence electrons. The van der Waals surface area contributed by atoms with E-state index in [1.165, 1.54) is 19.1 Å². The van der Waals surface area contributed by atoms with Crippen LogP contribution in [0.5, 0.6) is 0 Å². The van der Waals surface area contributed by atoms with Crippen LogP contribution in [0.25, 0.3) is 0 Å². The minimum absolute atomic E-state index is 0.0787. The lowest BCUT2D eigenvalue weighted by molar-refractivity contribution is -0.385. The second-order valence-corrected chi connectivity index (χ2v) is 4.58. The summed E-state index contributed by atoms with van der Waals surface area (Å²) in [6.07, 6.45) is -4.77. The number of alkyl halides is 3. The molecule has 1 aromatic rings. The third kappa shape index (κ3) is 2.37. The third-order valence-electron chi connectivity index (χ3n) is 3.00. The molecule has 0 aliphatic carbocycles. The van der Waals surface area contributed by atoms with Crippen LogP contribution in [0.15, 0.2) is 36.0 Å². The van der Waals surface area contributed by atoms with Gasteiger partial charge in [0, 0.05) is 11.8 Å². The van der Waals surface area contributed by atoms with Gasteiger partial charge in [0.1, 0.15) is 5.56 Å². The van der Waals surface area contributed by atoms with E-state index in [1.54, 1.807) is 0 Å². The molecular formula is C12H10F3N3O4. The number of hydrazine groups is 1. The Balaban J connectivity index is 2.49. The standard InChI is InChI=1S/C12H10F3N3O4/c1-7-6-11(20,12(13,14)15)17(16-7)10(19)8-4-2-3-5-9(8)18(21)22/h2-6,16,20H,1H3. The van der Waals surface area contributed by atoms with E-state index in [2.05, 4.69) is 5.43 Å². The molecular weight excluding hydrogens is 307 g/mol. The van der Waals surface area contributed by atoms with Crippen LogP contribution in [0.2, 0.25) is 0 Å². The van der Waals surface area contributed by atoms with Crippen LogP contribution in [-0.2, 0) is 0 Å². The summed E-state index contributed by atoms with van der Waals surface area (Å²) >= 11 is 0. The molecule has 0 radical (unpaired) electrons. The average Bonchev–Trinajstić information content (AvgIpc) is 2.74. The Bertz CT molecular complexity index is 674. The van der Waals surface area contributed by atoms with E-state index in [9.17, 15) is 33.2 Å². The molecule has 2 N–H and O–H groups in total. The lowest BCUT2D eigenvalue weighted by Crippen LogP contribution is -2.60. The predicted molar refractivity (Wildman–Crippen MR) is 67.2 cm³/mol. The number of amides is 1. The van der Waals surface area contributed by atoms with Gasteiger partial charge in [-0.3, -0.25) is 20.3 Å². The second-order valence-electron chi connectivity index (χ2n) is 4.58. The Hall–Kier alpha value is -2.62. The predicted octanol–water partition coefficient (Wildman–Crippen LogP) is 1.71. The zero-order valence-corrected chi connectivity index (χ0v) is 11.1. The Kier molecular flexibility index (Phi) is 3.57. The van der Waals surface area contributed by atoms with Gasteiger partial charge in [-0.15, -0.1) is 0 Å². The highest BCUT2D eigenvalue weighted by Crippen LogP contribution is 2.38. The van der Waals surface area contributed by atoms with Crippen molar-refractivity contribution in [3.8, 4) is 0 Å². The number of nitro groups is 1. The van der Waals surface area contributed by atoms with Crippen LogP contribution < -0.4 is 5.43 Å². The number of nitro benzene ring substituents is 1. The van der Waals surface area contributed by atoms with Crippen LogP contribution in [0, 0.1) is 10.1 Å². The summed E-state index contributed by atoms with van der Waals surface area (Å²) in [6, 6.07) is 4.53. The van der Waals surface area contributed by atoms with Crippen molar-refractivity contribution >= 4 is 11.6 Å². The number of allylic oxidation sites excluding steroid dienone is 1. The van der Waals surface area contributed by atoms with Crippen LogP contribution in [0.3, 0.4) is 0 Å². The number of halogens is 3. The quantitative estimate of drug-likeness (QED) is 0.639. The minimum atomic E-state index is -5.18. The van der Waals surface area contributed by atoms with Crippen molar-refractivity contribution in [3.63, 3.8) is 0 Å². The first-order chi connectivity index (χ1) is 10.1. The van der Waals surface area contributed by atoms with Crippen molar-refractivity contribution in [2.75, 3.05) is 0 Å². The van der Waals surface area contributed by atoms with Crippen molar-refractivity contribution in [1.29, 1.82) is 0 Å². The number of para-hydroxylation sites is 1. The summed E-state index contributed by atoms with van der Waals surface area (Å²) in [5, 5.41) is 20.6. The summed E-state index contributed by atoms with van der Waals surface area (Å²) in [4.78, 5) is 22.2. The van der Waals surface area contributed by atoms with Gasteiger partial charge < -0.3 is 5.11 Å². The van der Waals surface area contributed by atoms with Crippen molar-refractivity contribution in [2.24, 2.45) is 0 Å². The van der Waals surface area contributed by atoms with Gasteiger partial charge in [-0.25, -0.2) is 5.01 Å². The molecule has 7 nitrogen and oxygen atoms in total.